The van der Waals surface area contributed by atoms with Gasteiger partial charge < -0.3 is 0 Å². The third-order valence-corrected chi connectivity index (χ3v) is 4.97. The van der Waals surface area contributed by atoms with Crippen LogP contribution in [0, 0.1) is 11.3 Å². The van der Waals surface area contributed by atoms with Gasteiger partial charge in [0.15, 0.2) is 0 Å². The van der Waals surface area contributed by atoms with Gasteiger partial charge in [0.2, 0.25) is 5.91 Å². The van der Waals surface area contributed by atoms with E-state index in [1.807, 2.05) is 10.8 Å². The van der Waals surface area contributed by atoms with Crippen molar-refractivity contribution in [3.63, 3.8) is 0 Å². The normalized spacial score (nSPS) is 11.2. The monoisotopic (exact) mass is 428 g/mol. The van der Waals surface area contributed by atoms with Gasteiger partial charge in [-0.05, 0) is 23.8 Å². The molecule has 1 N–H and O–H groups in total. The third-order valence-electron chi connectivity index (χ3n) is 3.16. The number of rotatable bonds is 5. The molecule has 25 heavy (non-hydrogen) atoms. The van der Waals surface area contributed by atoms with Gasteiger partial charge >= 0.3 is 0 Å². The molecule has 0 unspecified atom stereocenters. The molecular weight excluding hydrogens is 418 g/mol. The molecule has 0 spiro atoms. The SMILES string of the molecule is N#Cc1cc(Br)cc(S(=O)(=O)NC(=O)Cc2ccc(C(F)F)cc2)c1. The molecule has 2 aromatic carbocycles. The molecule has 0 aliphatic rings. The van der Waals surface area contributed by atoms with Crippen LogP contribution in [0.25, 0.3) is 0 Å². The summed E-state index contributed by atoms with van der Waals surface area (Å²) in [4.78, 5) is 11.7. The third kappa shape index (κ3) is 5.08. The fraction of sp³-hybridized carbons (Fsp3) is 0.125. The van der Waals surface area contributed by atoms with E-state index in [0.717, 1.165) is 6.07 Å². The predicted molar refractivity (Wildman–Crippen MR) is 89.3 cm³/mol. The Morgan fingerprint density at radius 1 is 1.20 bits per heavy atom. The Hall–Kier alpha value is -2.31. The summed E-state index contributed by atoms with van der Waals surface area (Å²) in [6.45, 7) is 0. The summed E-state index contributed by atoms with van der Waals surface area (Å²) in [5, 5.41) is 8.88. The Bertz CT molecular complexity index is 939. The quantitative estimate of drug-likeness (QED) is 0.790. The first-order chi connectivity index (χ1) is 11.7. The Labute approximate surface area is 151 Å². The van der Waals surface area contributed by atoms with E-state index >= 15 is 0 Å². The summed E-state index contributed by atoms with van der Waals surface area (Å²) in [6, 6.07) is 10.7. The summed E-state index contributed by atoms with van der Waals surface area (Å²) < 4.78 is 51.7. The van der Waals surface area contributed by atoms with Crippen molar-refractivity contribution in [3.8, 4) is 6.07 Å². The number of nitriles is 1. The molecule has 0 radical (unpaired) electrons. The predicted octanol–water partition coefficient (Wildman–Crippen LogP) is 3.31. The molecule has 0 saturated carbocycles. The van der Waals surface area contributed by atoms with Crippen molar-refractivity contribution in [2.24, 2.45) is 0 Å². The average molecular weight is 429 g/mol. The van der Waals surface area contributed by atoms with Gasteiger partial charge in [-0.3, -0.25) is 4.79 Å². The first-order valence-corrected chi connectivity index (χ1v) is 9.12. The molecule has 0 heterocycles. The molecule has 5 nitrogen and oxygen atoms in total. The second-order valence-electron chi connectivity index (χ2n) is 5.04. The topological polar surface area (TPSA) is 87.0 Å². The first kappa shape index (κ1) is 19.0. The zero-order valence-electron chi connectivity index (χ0n) is 12.5. The standard InChI is InChI=1S/C16H11BrF2N2O3S/c17-13-5-11(9-20)6-14(8-13)25(23,24)21-15(22)7-10-1-3-12(4-2-10)16(18)19/h1-6,8,16H,7H2,(H,21,22). The average Bonchev–Trinajstić information content (AvgIpc) is 2.54. The van der Waals surface area contributed by atoms with Crippen molar-refractivity contribution in [2.75, 3.05) is 0 Å². The number of benzene rings is 2. The zero-order chi connectivity index (χ0) is 18.6. The highest BCUT2D eigenvalue weighted by Gasteiger charge is 2.19. The molecule has 0 fully saturated rings. The maximum Gasteiger partial charge on any atom is 0.264 e. The van der Waals surface area contributed by atoms with E-state index in [2.05, 4.69) is 15.9 Å². The summed E-state index contributed by atoms with van der Waals surface area (Å²) >= 11 is 3.10. The Balaban J connectivity index is 2.13. The summed E-state index contributed by atoms with van der Waals surface area (Å²) in [5.74, 6) is -0.816. The van der Waals surface area contributed by atoms with Gasteiger partial charge in [0, 0.05) is 10.0 Å². The van der Waals surface area contributed by atoms with Crippen LogP contribution in [0.5, 0.6) is 0 Å². The van der Waals surface area contributed by atoms with Crippen LogP contribution in [0.1, 0.15) is 23.1 Å². The highest BCUT2D eigenvalue weighted by atomic mass is 79.9. The van der Waals surface area contributed by atoms with Crippen LogP contribution < -0.4 is 4.72 Å². The second-order valence-corrected chi connectivity index (χ2v) is 7.63. The lowest BCUT2D eigenvalue weighted by Crippen LogP contribution is -2.31. The summed E-state index contributed by atoms with van der Waals surface area (Å²) in [6.07, 6.45) is -2.91. The van der Waals surface area contributed by atoms with Crippen molar-refractivity contribution >= 4 is 31.9 Å². The molecule has 130 valence electrons. The number of halogens is 3. The molecule has 0 atom stereocenters. The molecule has 0 saturated heterocycles. The van der Waals surface area contributed by atoms with Gasteiger partial charge in [-0.2, -0.15) is 5.26 Å². The lowest BCUT2D eigenvalue weighted by atomic mass is 10.1. The minimum Gasteiger partial charge on any atom is -0.274 e. The largest absolute Gasteiger partial charge is 0.274 e. The minimum atomic E-state index is -4.16. The summed E-state index contributed by atoms with van der Waals surface area (Å²) in [5.41, 5.74) is 0.323. The second kappa shape index (κ2) is 7.72. The van der Waals surface area contributed by atoms with Crippen LogP contribution in [0.15, 0.2) is 51.8 Å². The maximum atomic E-state index is 12.5. The number of nitrogens with one attached hydrogen (secondary N) is 1. The van der Waals surface area contributed by atoms with Gasteiger partial charge in [0.25, 0.3) is 16.4 Å². The molecule has 0 aliphatic carbocycles. The Morgan fingerprint density at radius 3 is 2.40 bits per heavy atom. The molecular formula is C16H11BrF2N2O3S. The number of carbonyl (C=O) groups is 1. The van der Waals surface area contributed by atoms with Crippen LogP contribution in [-0.4, -0.2) is 14.3 Å². The number of carbonyl (C=O) groups excluding carboxylic acids is 1. The summed E-state index contributed by atoms with van der Waals surface area (Å²) in [7, 11) is -4.16. The first-order valence-electron chi connectivity index (χ1n) is 6.84. The van der Waals surface area contributed by atoms with Crippen LogP contribution in [0.3, 0.4) is 0 Å². The van der Waals surface area contributed by atoms with E-state index in [4.69, 9.17) is 5.26 Å². The van der Waals surface area contributed by atoms with Crippen molar-refractivity contribution < 1.29 is 22.0 Å². The van der Waals surface area contributed by atoms with Crippen LogP contribution in [0.2, 0.25) is 0 Å². The van der Waals surface area contributed by atoms with Crippen LogP contribution >= 0.6 is 15.9 Å². The Morgan fingerprint density at radius 2 is 1.84 bits per heavy atom. The number of amides is 1. The molecule has 0 bridgehead atoms. The lowest BCUT2D eigenvalue weighted by Gasteiger charge is -2.08. The van der Waals surface area contributed by atoms with Crippen molar-refractivity contribution in [2.45, 2.75) is 17.7 Å². The maximum absolute atomic E-state index is 12.5. The zero-order valence-corrected chi connectivity index (χ0v) is 14.9. The molecule has 1 amide bonds. The molecule has 9 heteroatoms. The van der Waals surface area contributed by atoms with Gasteiger partial charge in [0.05, 0.1) is 22.9 Å². The fourth-order valence-electron chi connectivity index (χ4n) is 1.99. The number of hydrogen-bond donors (Lipinski definition) is 1. The van der Waals surface area contributed by atoms with Gasteiger partial charge in [-0.25, -0.2) is 21.9 Å². The highest BCUT2D eigenvalue weighted by Crippen LogP contribution is 2.20. The number of hydrogen-bond acceptors (Lipinski definition) is 4. The van der Waals surface area contributed by atoms with Crippen molar-refractivity contribution in [1.82, 2.24) is 4.72 Å². The van der Waals surface area contributed by atoms with Gasteiger partial charge in [-0.15, -0.1) is 0 Å². The fourth-order valence-corrected chi connectivity index (χ4v) is 3.69. The number of alkyl halides is 2. The van der Waals surface area contributed by atoms with Crippen molar-refractivity contribution in [3.05, 3.63) is 63.6 Å². The van der Waals surface area contributed by atoms with E-state index in [-0.39, 0.29) is 22.4 Å². The Kier molecular flexibility index (Phi) is 5.87. The minimum absolute atomic E-state index is 0.116. The van der Waals surface area contributed by atoms with E-state index in [1.165, 1.54) is 36.4 Å². The van der Waals surface area contributed by atoms with E-state index < -0.39 is 22.4 Å². The van der Waals surface area contributed by atoms with Gasteiger partial charge in [0.1, 0.15) is 0 Å². The molecule has 0 aliphatic heterocycles. The van der Waals surface area contributed by atoms with E-state index in [1.54, 1.807) is 0 Å². The number of nitrogens with zero attached hydrogens (tertiary/aromatic N) is 1. The molecule has 2 aromatic rings. The molecule has 2 rings (SSSR count). The van der Waals surface area contributed by atoms with E-state index in [0.29, 0.717) is 10.0 Å². The van der Waals surface area contributed by atoms with Crippen molar-refractivity contribution in [1.29, 1.82) is 5.26 Å². The van der Waals surface area contributed by atoms with Crippen LogP contribution in [0.4, 0.5) is 8.78 Å². The highest BCUT2D eigenvalue weighted by molar-refractivity contribution is 9.10. The lowest BCUT2D eigenvalue weighted by molar-refractivity contribution is -0.118. The number of sulfonamides is 1. The van der Waals surface area contributed by atoms with Gasteiger partial charge in [-0.1, -0.05) is 40.2 Å². The van der Waals surface area contributed by atoms with Crippen LogP contribution in [-0.2, 0) is 21.2 Å². The van der Waals surface area contributed by atoms with E-state index in [9.17, 15) is 22.0 Å². The smallest absolute Gasteiger partial charge is 0.264 e. The molecule has 0 aromatic heterocycles.